The third kappa shape index (κ3) is 4.02. The Labute approximate surface area is 178 Å². The molecule has 8 nitrogen and oxygen atoms in total. The maximum absolute atomic E-state index is 12.6. The number of benzene rings is 2. The Balaban J connectivity index is 1.47. The molecule has 1 N–H and O–H groups in total. The first-order chi connectivity index (χ1) is 14.5. The first-order valence-electron chi connectivity index (χ1n) is 9.45. The van der Waals surface area contributed by atoms with Crippen LogP contribution in [0.25, 0.3) is 0 Å². The van der Waals surface area contributed by atoms with Crippen molar-refractivity contribution in [1.82, 2.24) is 14.8 Å². The van der Waals surface area contributed by atoms with Crippen LogP contribution in [0.3, 0.4) is 0 Å². The molecule has 1 aliphatic heterocycles. The summed E-state index contributed by atoms with van der Waals surface area (Å²) in [5.41, 5.74) is 1.46. The summed E-state index contributed by atoms with van der Waals surface area (Å²) in [6, 6.07) is 16.4. The number of amides is 2. The number of thioether (sulfide) groups is 1. The number of para-hydroxylation sites is 3. The second kappa shape index (κ2) is 8.58. The van der Waals surface area contributed by atoms with Gasteiger partial charge in [-0.3, -0.25) is 14.5 Å². The maximum Gasteiger partial charge on any atom is 0.265 e. The molecule has 1 atom stereocenters. The smallest absolute Gasteiger partial charge is 0.265 e. The molecule has 0 fully saturated rings. The SMILES string of the molecule is C[C@@H](c1nnc(SCC(=O)Nc2ccccc2)n1C)N1C(=O)COc2ccccc21. The average Bonchev–Trinajstić information content (AvgIpc) is 3.13. The molecule has 2 aromatic carbocycles. The highest BCUT2D eigenvalue weighted by Gasteiger charge is 2.32. The standard InChI is InChI=1S/C21H21N5O3S/c1-14(26-16-10-6-7-11-17(16)29-12-19(26)28)20-23-24-21(25(20)2)30-13-18(27)22-15-8-4-3-5-9-15/h3-11,14H,12-13H2,1-2H3,(H,22,27)/t14-/m0/s1. The predicted molar refractivity (Wildman–Crippen MR) is 115 cm³/mol. The lowest BCUT2D eigenvalue weighted by molar-refractivity contribution is -0.121. The Morgan fingerprint density at radius 2 is 1.90 bits per heavy atom. The average molecular weight is 423 g/mol. The lowest BCUT2D eigenvalue weighted by Gasteiger charge is -2.33. The molecule has 0 aliphatic carbocycles. The molecule has 0 saturated heterocycles. The Hall–Kier alpha value is -3.33. The third-order valence-electron chi connectivity index (χ3n) is 4.76. The number of carbonyl (C=O) groups excluding carboxylic acids is 2. The van der Waals surface area contributed by atoms with E-state index < -0.39 is 0 Å². The number of rotatable bonds is 6. The van der Waals surface area contributed by atoms with E-state index in [0.29, 0.717) is 22.4 Å². The Morgan fingerprint density at radius 3 is 2.70 bits per heavy atom. The van der Waals surface area contributed by atoms with Gasteiger partial charge in [0.05, 0.1) is 17.5 Å². The topological polar surface area (TPSA) is 89.4 Å². The first-order valence-corrected chi connectivity index (χ1v) is 10.4. The number of hydrogen-bond acceptors (Lipinski definition) is 6. The summed E-state index contributed by atoms with van der Waals surface area (Å²) in [7, 11) is 1.83. The van der Waals surface area contributed by atoms with Crippen molar-refractivity contribution in [2.24, 2.45) is 7.05 Å². The van der Waals surface area contributed by atoms with Crippen molar-refractivity contribution in [3.05, 3.63) is 60.4 Å². The predicted octanol–water partition coefficient (Wildman–Crippen LogP) is 3.03. The van der Waals surface area contributed by atoms with Gasteiger partial charge in [-0.05, 0) is 31.2 Å². The Kier molecular flexibility index (Phi) is 5.71. The van der Waals surface area contributed by atoms with E-state index in [1.54, 1.807) is 4.90 Å². The molecule has 154 valence electrons. The Morgan fingerprint density at radius 1 is 1.17 bits per heavy atom. The van der Waals surface area contributed by atoms with Gasteiger partial charge in [-0.2, -0.15) is 0 Å². The van der Waals surface area contributed by atoms with Crippen LogP contribution in [-0.2, 0) is 16.6 Å². The molecule has 0 bridgehead atoms. The van der Waals surface area contributed by atoms with Crippen LogP contribution in [0.2, 0.25) is 0 Å². The molecule has 0 unspecified atom stereocenters. The lowest BCUT2D eigenvalue weighted by atomic mass is 10.1. The fraction of sp³-hybridized carbons (Fsp3) is 0.238. The number of nitrogens with zero attached hydrogens (tertiary/aromatic N) is 4. The highest BCUT2D eigenvalue weighted by molar-refractivity contribution is 7.99. The second-order valence-electron chi connectivity index (χ2n) is 6.80. The van der Waals surface area contributed by atoms with E-state index >= 15 is 0 Å². The summed E-state index contributed by atoms with van der Waals surface area (Å²) < 4.78 is 7.33. The molecular formula is C21H21N5O3S. The van der Waals surface area contributed by atoms with Crippen molar-refractivity contribution >= 4 is 35.0 Å². The zero-order valence-electron chi connectivity index (χ0n) is 16.6. The largest absolute Gasteiger partial charge is 0.482 e. The quantitative estimate of drug-likeness (QED) is 0.613. The van der Waals surface area contributed by atoms with Gasteiger partial charge in [0.1, 0.15) is 5.75 Å². The van der Waals surface area contributed by atoms with Crippen LogP contribution in [0.15, 0.2) is 59.8 Å². The maximum atomic E-state index is 12.6. The molecule has 0 saturated carbocycles. The minimum atomic E-state index is -0.340. The zero-order valence-corrected chi connectivity index (χ0v) is 17.4. The van der Waals surface area contributed by atoms with Gasteiger partial charge in [-0.25, -0.2) is 0 Å². The highest BCUT2D eigenvalue weighted by atomic mass is 32.2. The van der Waals surface area contributed by atoms with Gasteiger partial charge in [0.2, 0.25) is 5.91 Å². The van der Waals surface area contributed by atoms with Crippen molar-refractivity contribution in [3.63, 3.8) is 0 Å². The lowest BCUT2D eigenvalue weighted by Crippen LogP contribution is -2.41. The number of carbonyl (C=O) groups is 2. The summed E-state index contributed by atoms with van der Waals surface area (Å²) in [4.78, 5) is 26.5. The number of ether oxygens (including phenoxy) is 1. The van der Waals surface area contributed by atoms with Crippen LogP contribution < -0.4 is 15.0 Å². The molecule has 0 spiro atoms. The summed E-state index contributed by atoms with van der Waals surface area (Å²) in [6.45, 7) is 1.89. The van der Waals surface area contributed by atoms with Gasteiger partial charge in [-0.15, -0.1) is 10.2 Å². The fourth-order valence-electron chi connectivity index (χ4n) is 3.33. The van der Waals surface area contributed by atoms with Crippen LogP contribution >= 0.6 is 11.8 Å². The van der Waals surface area contributed by atoms with Crippen molar-refractivity contribution in [2.45, 2.75) is 18.1 Å². The molecule has 2 amide bonds. The monoisotopic (exact) mass is 423 g/mol. The highest BCUT2D eigenvalue weighted by Crippen LogP contribution is 2.37. The van der Waals surface area contributed by atoms with Gasteiger partial charge >= 0.3 is 0 Å². The second-order valence-corrected chi connectivity index (χ2v) is 7.74. The number of aromatic nitrogens is 3. The van der Waals surface area contributed by atoms with Crippen LogP contribution in [0.1, 0.15) is 18.8 Å². The minimum Gasteiger partial charge on any atom is -0.482 e. The van der Waals surface area contributed by atoms with Gasteiger partial charge < -0.3 is 14.6 Å². The van der Waals surface area contributed by atoms with Crippen LogP contribution in [0.4, 0.5) is 11.4 Å². The molecule has 1 aliphatic rings. The Bertz CT molecular complexity index is 1070. The molecule has 2 heterocycles. The zero-order chi connectivity index (χ0) is 21.1. The van der Waals surface area contributed by atoms with Crippen LogP contribution in [0, 0.1) is 0 Å². The van der Waals surface area contributed by atoms with Crippen molar-refractivity contribution in [1.29, 1.82) is 0 Å². The summed E-state index contributed by atoms with van der Waals surface area (Å²) >= 11 is 1.29. The first kappa shape index (κ1) is 20.0. The minimum absolute atomic E-state index is 0.0134. The number of nitrogens with one attached hydrogen (secondary N) is 1. The van der Waals surface area contributed by atoms with Crippen molar-refractivity contribution in [2.75, 3.05) is 22.6 Å². The van der Waals surface area contributed by atoms with Crippen molar-refractivity contribution in [3.8, 4) is 5.75 Å². The fourth-order valence-corrected chi connectivity index (χ4v) is 4.04. The van der Waals surface area contributed by atoms with Crippen molar-refractivity contribution < 1.29 is 14.3 Å². The van der Waals surface area contributed by atoms with Gasteiger partial charge in [0.25, 0.3) is 5.91 Å². The molecular weight excluding hydrogens is 402 g/mol. The van der Waals surface area contributed by atoms with E-state index in [0.717, 1.165) is 5.69 Å². The van der Waals surface area contributed by atoms with Gasteiger partial charge in [0.15, 0.2) is 17.6 Å². The molecule has 1 aromatic heterocycles. The van der Waals surface area contributed by atoms with E-state index in [-0.39, 0.29) is 30.2 Å². The van der Waals surface area contributed by atoms with Gasteiger partial charge in [0, 0.05) is 12.7 Å². The normalized spacial score (nSPS) is 14.1. The van der Waals surface area contributed by atoms with Crippen LogP contribution in [-0.4, -0.2) is 38.9 Å². The molecule has 30 heavy (non-hydrogen) atoms. The van der Waals surface area contributed by atoms with E-state index in [1.165, 1.54) is 11.8 Å². The summed E-state index contributed by atoms with van der Waals surface area (Å²) in [5.74, 6) is 1.24. The molecule has 9 heteroatoms. The van der Waals surface area contributed by atoms with E-state index in [4.69, 9.17) is 4.74 Å². The summed E-state index contributed by atoms with van der Waals surface area (Å²) in [5, 5.41) is 12.0. The molecule has 3 aromatic rings. The van der Waals surface area contributed by atoms with Gasteiger partial charge in [-0.1, -0.05) is 42.1 Å². The number of anilines is 2. The third-order valence-corrected chi connectivity index (χ3v) is 5.78. The number of hydrogen-bond donors (Lipinski definition) is 1. The molecule has 0 radical (unpaired) electrons. The van der Waals surface area contributed by atoms with E-state index in [9.17, 15) is 9.59 Å². The molecule has 4 rings (SSSR count). The van der Waals surface area contributed by atoms with E-state index in [2.05, 4.69) is 15.5 Å². The van der Waals surface area contributed by atoms with E-state index in [1.807, 2.05) is 73.1 Å². The van der Waals surface area contributed by atoms with Crippen LogP contribution in [0.5, 0.6) is 5.75 Å². The summed E-state index contributed by atoms with van der Waals surface area (Å²) in [6.07, 6.45) is 0. The number of fused-ring (bicyclic) bond motifs is 1.